The highest BCUT2D eigenvalue weighted by atomic mass is 32.1. The van der Waals surface area contributed by atoms with E-state index < -0.39 is 0 Å². The molecule has 0 fully saturated rings. The van der Waals surface area contributed by atoms with Crippen LogP contribution in [-0.4, -0.2) is 27.2 Å². The Morgan fingerprint density at radius 2 is 1.77 bits per heavy atom. The van der Waals surface area contributed by atoms with Gasteiger partial charge in [0.15, 0.2) is 11.5 Å². The van der Waals surface area contributed by atoms with Gasteiger partial charge in [-0.2, -0.15) is 0 Å². The van der Waals surface area contributed by atoms with E-state index in [0.717, 1.165) is 4.88 Å². The molecule has 0 aliphatic carbocycles. The van der Waals surface area contributed by atoms with Crippen molar-refractivity contribution in [1.29, 1.82) is 0 Å². The average molecular weight is 321 g/mol. The maximum Gasteiger partial charge on any atom is 0.252 e. The zero-order valence-electron chi connectivity index (χ0n) is 13.0. The monoisotopic (exact) mass is 321 g/mol. The fourth-order valence-corrected chi connectivity index (χ4v) is 2.84. The first-order valence-electron chi connectivity index (χ1n) is 6.75. The van der Waals surface area contributed by atoms with E-state index in [1.807, 2.05) is 24.4 Å². The Labute approximate surface area is 133 Å². The van der Waals surface area contributed by atoms with E-state index in [1.54, 1.807) is 23.5 Å². The van der Waals surface area contributed by atoms with Crippen molar-refractivity contribution < 1.29 is 19.0 Å². The zero-order chi connectivity index (χ0) is 16.1. The number of thiophene rings is 1. The molecule has 0 aliphatic rings. The summed E-state index contributed by atoms with van der Waals surface area (Å²) < 4.78 is 15.8. The molecule has 118 valence electrons. The van der Waals surface area contributed by atoms with E-state index in [-0.39, 0.29) is 11.9 Å². The standard InChI is InChI=1S/C16H19NO4S/c1-10(14-6-5-7-22-14)17-16(18)11-8-12(19-2)15(21-4)13(9-11)20-3/h5-10H,1-4H3,(H,17,18)/t10-/m0/s1. The molecule has 1 aromatic heterocycles. The highest BCUT2D eigenvalue weighted by Gasteiger charge is 2.18. The summed E-state index contributed by atoms with van der Waals surface area (Å²) in [6.07, 6.45) is 0. The van der Waals surface area contributed by atoms with Gasteiger partial charge < -0.3 is 19.5 Å². The lowest BCUT2D eigenvalue weighted by Gasteiger charge is -2.16. The van der Waals surface area contributed by atoms with Crippen LogP contribution in [0.4, 0.5) is 0 Å². The third-order valence-corrected chi connectivity index (χ3v) is 4.30. The molecule has 0 spiro atoms. The number of ether oxygens (including phenoxy) is 3. The van der Waals surface area contributed by atoms with Crippen LogP contribution in [-0.2, 0) is 0 Å². The molecule has 1 amide bonds. The third-order valence-electron chi connectivity index (χ3n) is 3.24. The molecule has 2 rings (SSSR count). The Balaban J connectivity index is 2.26. The SMILES string of the molecule is COc1cc(C(=O)N[C@@H](C)c2cccs2)cc(OC)c1OC. The maximum absolute atomic E-state index is 12.4. The van der Waals surface area contributed by atoms with Gasteiger partial charge in [0.05, 0.1) is 27.4 Å². The minimum atomic E-state index is -0.194. The van der Waals surface area contributed by atoms with Crippen LogP contribution in [0.1, 0.15) is 28.2 Å². The topological polar surface area (TPSA) is 56.8 Å². The molecule has 1 heterocycles. The van der Waals surface area contributed by atoms with Crippen molar-refractivity contribution >= 4 is 17.2 Å². The van der Waals surface area contributed by atoms with Crippen molar-refractivity contribution in [3.05, 3.63) is 40.1 Å². The molecule has 0 bridgehead atoms. The van der Waals surface area contributed by atoms with Crippen molar-refractivity contribution in [3.63, 3.8) is 0 Å². The molecule has 0 aliphatic heterocycles. The minimum Gasteiger partial charge on any atom is -0.493 e. The van der Waals surface area contributed by atoms with Crippen molar-refractivity contribution in [2.75, 3.05) is 21.3 Å². The molecule has 1 N–H and O–H groups in total. The summed E-state index contributed by atoms with van der Waals surface area (Å²) in [6.45, 7) is 1.95. The van der Waals surface area contributed by atoms with Gasteiger partial charge in [-0.05, 0) is 30.5 Å². The van der Waals surface area contributed by atoms with E-state index in [4.69, 9.17) is 14.2 Å². The smallest absolute Gasteiger partial charge is 0.252 e. The molecule has 5 nitrogen and oxygen atoms in total. The second kappa shape index (κ2) is 7.17. The van der Waals surface area contributed by atoms with Crippen LogP contribution in [0.15, 0.2) is 29.6 Å². The largest absolute Gasteiger partial charge is 0.493 e. The lowest BCUT2D eigenvalue weighted by Crippen LogP contribution is -2.26. The van der Waals surface area contributed by atoms with Gasteiger partial charge >= 0.3 is 0 Å². The summed E-state index contributed by atoms with van der Waals surface area (Å²) in [7, 11) is 4.57. The number of rotatable bonds is 6. The van der Waals surface area contributed by atoms with Crippen LogP contribution in [0.25, 0.3) is 0 Å². The molecule has 1 aromatic carbocycles. The van der Waals surface area contributed by atoms with Gasteiger partial charge in [0.1, 0.15) is 0 Å². The van der Waals surface area contributed by atoms with E-state index in [9.17, 15) is 4.79 Å². The van der Waals surface area contributed by atoms with Crippen LogP contribution < -0.4 is 19.5 Å². The summed E-state index contributed by atoms with van der Waals surface area (Å²) >= 11 is 1.61. The molecular formula is C16H19NO4S. The molecule has 1 atom stereocenters. The van der Waals surface area contributed by atoms with Crippen molar-refractivity contribution in [2.45, 2.75) is 13.0 Å². The number of nitrogens with one attached hydrogen (secondary N) is 1. The van der Waals surface area contributed by atoms with Gasteiger partial charge in [0.2, 0.25) is 5.75 Å². The fraction of sp³-hybridized carbons (Fsp3) is 0.312. The van der Waals surface area contributed by atoms with E-state index >= 15 is 0 Å². The number of methoxy groups -OCH3 is 3. The zero-order valence-corrected chi connectivity index (χ0v) is 13.8. The quantitative estimate of drug-likeness (QED) is 0.887. The second-order valence-corrected chi connectivity index (χ2v) is 5.60. The molecule has 0 unspecified atom stereocenters. The van der Waals surface area contributed by atoms with E-state index in [0.29, 0.717) is 22.8 Å². The average Bonchev–Trinajstić information content (AvgIpc) is 3.07. The number of carbonyl (C=O) groups is 1. The molecule has 22 heavy (non-hydrogen) atoms. The number of hydrogen-bond acceptors (Lipinski definition) is 5. The molecular weight excluding hydrogens is 302 g/mol. The second-order valence-electron chi connectivity index (χ2n) is 4.62. The molecule has 0 saturated heterocycles. The summed E-state index contributed by atoms with van der Waals surface area (Å²) in [6, 6.07) is 7.16. The number of carbonyl (C=O) groups excluding carboxylic acids is 1. The van der Waals surface area contributed by atoms with Crippen molar-refractivity contribution in [1.82, 2.24) is 5.32 Å². The third kappa shape index (κ3) is 3.33. The summed E-state index contributed by atoms with van der Waals surface area (Å²) in [5.74, 6) is 1.18. The highest BCUT2D eigenvalue weighted by molar-refractivity contribution is 7.10. The Morgan fingerprint density at radius 1 is 1.14 bits per heavy atom. The van der Waals surface area contributed by atoms with Gasteiger partial charge in [-0.15, -0.1) is 11.3 Å². The van der Waals surface area contributed by atoms with E-state index in [2.05, 4.69) is 5.32 Å². The maximum atomic E-state index is 12.4. The first-order chi connectivity index (χ1) is 10.6. The first-order valence-corrected chi connectivity index (χ1v) is 7.63. The summed E-state index contributed by atoms with van der Waals surface area (Å²) in [4.78, 5) is 13.5. The Bertz CT molecular complexity index is 615. The lowest BCUT2D eigenvalue weighted by atomic mass is 10.1. The van der Waals surface area contributed by atoms with Gasteiger partial charge in [0, 0.05) is 10.4 Å². The molecule has 0 radical (unpaired) electrons. The predicted molar refractivity (Wildman–Crippen MR) is 86.3 cm³/mol. The van der Waals surface area contributed by atoms with Crippen LogP contribution >= 0.6 is 11.3 Å². The molecule has 0 saturated carbocycles. The highest BCUT2D eigenvalue weighted by Crippen LogP contribution is 2.38. The van der Waals surface area contributed by atoms with Crippen molar-refractivity contribution in [2.24, 2.45) is 0 Å². The number of benzene rings is 1. The lowest BCUT2D eigenvalue weighted by molar-refractivity contribution is 0.0939. The van der Waals surface area contributed by atoms with Crippen LogP contribution in [0.5, 0.6) is 17.2 Å². The first kappa shape index (κ1) is 16.2. The Morgan fingerprint density at radius 3 is 2.23 bits per heavy atom. The molecule has 2 aromatic rings. The Hall–Kier alpha value is -2.21. The van der Waals surface area contributed by atoms with Gasteiger partial charge in [-0.1, -0.05) is 6.07 Å². The van der Waals surface area contributed by atoms with Crippen LogP contribution in [0, 0.1) is 0 Å². The normalized spacial score (nSPS) is 11.6. The van der Waals surface area contributed by atoms with Crippen molar-refractivity contribution in [3.8, 4) is 17.2 Å². The van der Waals surface area contributed by atoms with Crippen LogP contribution in [0.2, 0.25) is 0 Å². The summed E-state index contributed by atoms with van der Waals surface area (Å²) in [5.41, 5.74) is 0.456. The van der Waals surface area contributed by atoms with Gasteiger partial charge in [0.25, 0.3) is 5.91 Å². The fourth-order valence-electron chi connectivity index (χ4n) is 2.10. The van der Waals surface area contributed by atoms with Gasteiger partial charge in [-0.3, -0.25) is 4.79 Å². The predicted octanol–water partition coefficient (Wildman–Crippen LogP) is 3.26. The minimum absolute atomic E-state index is 0.0633. The summed E-state index contributed by atoms with van der Waals surface area (Å²) in [5, 5.41) is 4.94. The molecule has 6 heteroatoms. The Kier molecular flexibility index (Phi) is 5.27. The van der Waals surface area contributed by atoms with Crippen LogP contribution in [0.3, 0.4) is 0 Å². The van der Waals surface area contributed by atoms with E-state index in [1.165, 1.54) is 21.3 Å². The number of hydrogen-bond donors (Lipinski definition) is 1. The van der Waals surface area contributed by atoms with Gasteiger partial charge in [-0.25, -0.2) is 0 Å². The number of amides is 1.